The Balaban J connectivity index is 0.000000347. The van der Waals surface area contributed by atoms with Crippen LogP contribution in [0.1, 0.15) is 57.4 Å². The lowest BCUT2D eigenvalue weighted by molar-refractivity contribution is -0.134. The Hall–Kier alpha value is -3.86. The largest absolute Gasteiger partial charge is 0.474 e. The van der Waals surface area contributed by atoms with Crippen LogP contribution < -0.4 is 15.2 Å². The summed E-state index contributed by atoms with van der Waals surface area (Å²) >= 11 is 7.57. The second-order valence-electron chi connectivity index (χ2n) is 12.9. The number of piperidine rings is 1. The molecule has 4 aliphatic rings. The first-order chi connectivity index (χ1) is 23.1. The van der Waals surface area contributed by atoms with Crippen molar-refractivity contribution < 1.29 is 27.4 Å². The van der Waals surface area contributed by atoms with Crippen LogP contribution in [0.5, 0.6) is 11.9 Å². The maximum atomic E-state index is 16.3. The van der Waals surface area contributed by atoms with Crippen LogP contribution in [0.4, 0.5) is 18.2 Å². The number of hydrogen-bond acceptors (Lipinski definition) is 9. The Morgan fingerprint density at radius 2 is 1.90 bits per heavy atom. The highest BCUT2D eigenvalue weighted by Crippen LogP contribution is 2.46. The second-order valence-corrected chi connectivity index (χ2v) is 14.3. The summed E-state index contributed by atoms with van der Waals surface area (Å²) in [5.41, 5.74) is 6.09. The Kier molecular flexibility index (Phi) is 8.76. The van der Waals surface area contributed by atoms with Gasteiger partial charge in [0.2, 0.25) is 11.8 Å². The SMILES string of the molecule is COc1nc(OC2C[C@H]3CC[C@@H](C2)N3C(C)=O)c2cc(Cl)c(-c3ccc(F)c4sc(N)c(C#N)c34)c(F)c2n1.FC1CC2CCCN2C1. The fraction of sp³-hybridized carbons (Fsp3) is 0.471. The predicted octanol–water partition coefficient (Wildman–Crippen LogP) is 7.02. The normalized spacial score (nSPS) is 24.8. The number of aromatic nitrogens is 2. The number of carbonyl (C=O) groups is 1. The maximum absolute atomic E-state index is 16.3. The summed E-state index contributed by atoms with van der Waals surface area (Å²) < 4.78 is 55.2. The molecule has 0 radical (unpaired) electrons. The van der Waals surface area contributed by atoms with Gasteiger partial charge in [-0.2, -0.15) is 15.2 Å². The van der Waals surface area contributed by atoms with Crippen molar-refractivity contribution >= 4 is 54.8 Å². The fourth-order valence-corrected chi connectivity index (χ4v) is 9.25. The molecule has 4 aliphatic heterocycles. The summed E-state index contributed by atoms with van der Waals surface area (Å²) in [6.07, 6.45) is 5.64. The van der Waals surface area contributed by atoms with Crippen molar-refractivity contribution in [2.24, 2.45) is 0 Å². The van der Waals surface area contributed by atoms with Crippen LogP contribution in [0.25, 0.3) is 32.1 Å². The smallest absolute Gasteiger partial charge is 0.320 e. The number of thiophene rings is 1. The number of nitrogens with zero attached hydrogens (tertiary/aromatic N) is 5. The third-order valence-corrected chi connectivity index (χ3v) is 11.3. The lowest BCUT2D eigenvalue weighted by Crippen LogP contribution is -2.48. The monoisotopic (exact) mass is 698 g/mol. The fourth-order valence-electron chi connectivity index (χ4n) is 8.01. The molecular formula is C34H34ClF3N6O3S. The summed E-state index contributed by atoms with van der Waals surface area (Å²) in [6, 6.07) is 6.73. The molecule has 2 aromatic heterocycles. The molecule has 5 atom stereocenters. The van der Waals surface area contributed by atoms with Crippen molar-refractivity contribution in [3.8, 4) is 29.1 Å². The molecule has 2 aromatic carbocycles. The maximum Gasteiger partial charge on any atom is 0.320 e. The number of amides is 1. The Morgan fingerprint density at radius 3 is 2.56 bits per heavy atom. The van der Waals surface area contributed by atoms with Crippen molar-refractivity contribution in [1.82, 2.24) is 19.8 Å². The molecule has 0 spiro atoms. The number of nitriles is 1. The summed E-state index contributed by atoms with van der Waals surface area (Å²) in [4.78, 5) is 24.9. The highest BCUT2D eigenvalue weighted by molar-refractivity contribution is 7.23. The van der Waals surface area contributed by atoms with E-state index >= 15 is 4.39 Å². The molecule has 252 valence electrons. The van der Waals surface area contributed by atoms with E-state index in [0.29, 0.717) is 25.4 Å². The first kappa shape index (κ1) is 32.7. The van der Waals surface area contributed by atoms with Crippen LogP contribution >= 0.6 is 22.9 Å². The molecule has 6 heterocycles. The third-order valence-electron chi connectivity index (χ3n) is 10.0. The van der Waals surface area contributed by atoms with Crippen molar-refractivity contribution in [3.63, 3.8) is 0 Å². The van der Waals surface area contributed by atoms with Crippen LogP contribution in [0, 0.1) is 23.0 Å². The molecular weight excluding hydrogens is 665 g/mol. The van der Waals surface area contributed by atoms with E-state index in [9.17, 15) is 18.8 Å². The zero-order chi connectivity index (χ0) is 33.9. The first-order valence-corrected chi connectivity index (χ1v) is 17.3. The molecule has 4 fully saturated rings. The van der Waals surface area contributed by atoms with Gasteiger partial charge in [0.05, 0.1) is 27.8 Å². The van der Waals surface area contributed by atoms with Crippen molar-refractivity contribution in [2.75, 3.05) is 25.9 Å². The van der Waals surface area contributed by atoms with Crippen LogP contribution in [0.15, 0.2) is 18.2 Å². The van der Waals surface area contributed by atoms with E-state index in [2.05, 4.69) is 14.9 Å². The minimum Gasteiger partial charge on any atom is -0.474 e. The number of alkyl halides is 1. The summed E-state index contributed by atoms with van der Waals surface area (Å²) in [5.74, 6) is -1.20. The molecule has 0 saturated carbocycles. The number of nitrogens with two attached hydrogens (primary N) is 1. The van der Waals surface area contributed by atoms with Crippen LogP contribution in [-0.4, -0.2) is 76.3 Å². The van der Waals surface area contributed by atoms with Crippen LogP contribution in [0.3, 0.4) is 0 Å². The number of rotatable bonds is 4. The van der Waals surface area contributed by atoms with Gasteiger partial charge in [-0.25, -0.2) is 13.2 Å². The van der Waals surface area contributed by atoms with E-state index in [1.165, 1.54) is 38.2 Å². The van der Waals surface area contributed by atoms with Gasteiger partial charge in [-0.1, -0.05) is 17.7 Å². The lowest BCUT2D eigenvalue weighted by atomic mass is 9.97. The number of carbonyl (C=O) groups excluding carboxylic acids is 1. The molecule has 3 unspecified atom stereocenters. The molecule has 8 rings (SSSR count). The lowest BCUT2D eigenvalue weighted by Gasteiger charge is -2.38. The van der Waals surface area contributed by atoms with Crippen molar-refractivity contribution in [2.45, 2.75) is 82.3 Å². The molecule has 0 aliphatic carbocycles. The predicted molar refractivity (Wildman–Crippen MR) is 178 cm³/mol. The van der Waals surface area contributed by atoms with Crippen molar-refractivity contribution in [1.29, 1.82) is 5.26 Å². The Labute approximate surface area is 284 Å². The zero-order valence-corrected chi connectivity index (χ0v) is 28.0. The topological polar surface area (TPSA) is 118 Å². The first-order valence-electron chi connectivity index (χ1n) is 16.1. The van der Waals surface area contributed by atoms with Gasteiger partial charge >= 0.3 is 6.01 Å². The number of benzene rings is 2. The highest BCUT2D eigenvalue weighted by atomic mass is 35.5. The van der Waals surface area contributed by atoms with Crippen LogP contribution in [0.2, 0.25) is 5.02 Å². The van der Waals surface area contributed by atoms with Gasteiger partial charge in [0, 0.05) is 55.4 Å². The van der Waals surface area contributed by atoms with E-state index in [4.69, 9.17) is 26.8 Å². The van der Waals surface area contributed by atoms with E-state index in [-0.39, 0.29) is 83.7 Å². The number of halogens is 4. The molecule has 1 amide bonds. The highest BCUT2D eigenvalue weighted by Gasteiger charge is 2.43. The average molecular weight is 699 g/mol. The van der Waals surface area contributed by atoms with E-state index in [1.807, 2.05) is 11.0 Å². The quantitative estimate of drug-likeness (QED) is 0.242. The van der Waals surface area contributed by atoms with Gasteiger partial charge < -0.3 is 20.1 Å². The van der Waals surface area contributed by atoms with Gasteiger partial charge in [-0.15, -0.1) is 11.3 Å². The Bertz CT molecular complexity index is 1940. The molecule has 9 nitrogen and oxygen atoms in total. The van der Waals surface area contributed by atoms with Gasteiger partial charge in [0.15, 0.2) is 5.82 Å². The molecule has 4 saturated heterocycles. The summed E-state index contributed by atoms with van der Waals surface area (Å²) in [6.45, 7) is 3.44. The average Bonchev–Trinajstić information content (AvgIpc) is 3.79. The van der Waals surface area contributed by atoms with Gasteiger partial charge in [0.1, 0.15) is 34.7 Å². The van der Waals surface area contributed by atoms with E-state index < -0.39 is 17.8 Å². The molecule has 2 N–H and O–H groups in total. The van der Waals surface area contributed by atoms with Crippen molar-refractivity contribution in [3.05, 3.63) is 40.4 Å². The number of fused-ring (bicyclic) bond motifs is 5. The number of hydrogen-bond donors (Lipinski definition) is 1. The number of nitrogen functional groups attached to an aromatic ring is 1. The number of methoxy groups -OCH3 is 1. The molecule has 14 heteroatoms. The zero-order valence-electron chi connectivity index (χ0n) is 26.4. The van der Waals surface area contributed by atoms with E-state index in [1.54, 1.807) is 6.92 Å². The standard InChI is InChI=1S/C27H22ClF2N5O3S.C7H12FN/c1-11(36)35-12-3-4-13(35)8-14(7-12)38-26-16-9-18(28)21(22(30)23(16)33-27(34-26)37-2)15-5-6-19(29)24-20(15)17(10-31)25(32)39-24;8-6-4-7-2-1-3-9(7)5-6/h5-6,9,12-14H,3-4,7-8,32H2,1-2H3;6-7H,1-5H2/t12-,13+,14?;. The van der Waals surface area contributed by atoms with Gasteiger partial charge in [-0.05, 0) is 56.3 Å². The third kappa shape index (κ3) is 5.67. The van der Waals surface area contributed by atoms with E-state index in [0.717, 1.165) is 37.1 Å². The van der Waals surface area contributed by atoms with Gasteiger partial charge in [-0.3, -0.25) is 9.69 Å². The number of anilines is 1. The molecule has 48 heavy (non-hydrogen) atoms. The summed E-state index contributed by atoms with van der Waals surface area (Å²) in [7, 11) is 1.36. The molecule has 2 bridgehead atoms. The van der Waals surface area contributed by atoms with Gasteiger partial charge in [0.25, 0.3) is 0 Å². The van der Waals surface area contributed by atoms with Crippen LogP contribution in [-0.2, 0) is 4.79 Å². The molecule has 4 aromatic rings. The summed E-state index contributed by atoms with van der Waals surface area (Å²) in [5, 5.41) is 10.2. The minimum atomic E-state index is -0.795. The second kappa shape index (κ2) is 12.9. The number of ether oxygens (including phenoxy) is 2. The minimum absolute atomic E-state index is 0.00616. The Morgan fingerprint density at radius 1 is 1.15 bits per heavy atom.